The highest BCUT2D eigenvalue weighted by molar-refractivity contribution is 6.30. The van der Waals surface area contributed by atoms with Gasteiger partial charge in [-0.1, -0.05) is 47.5 Å². The molecule has 0 fully saturated rings. The normalized spacial score (nSPS) is 15.6. The van der Waals surface area contributed by atoms with Gasteiger partial charge in [-0.25, -0.2) is 10.9 Å². The minimum atomic E-state index is -1.03. The van der Waals surface area contributed by atoms with Crippen molar-refractivity contribution in [3.8, 4) is 12.1 Å². The van der Waals surface area contributed by atoms with E-state index in [2.05, 4.69) is 23.0 Å². The maximum Gasteiger partial charge on any atom is 0.141 e. The molecule has 0 spiro atoms. The van der Waals surface area contributed by atoms with Gasteiger partial charge in [0, 0.05) is 10.0 Å². The Morgan fingerprint density at radius 1 is 0.708 bits per heavy atom. The molecule has 122 valence electrons. The molecule has 0 aliphatic rings. The number of hydrazine groups is 1. The van der Waals surface area contributed by atoms with E-state index in [4.69, 9.17) is 23.2 Å². The van der Waals surface area contributed by atoms with Crippen LogP contribution in [-0.4, -0.2) is 0 Å². The van der Waals surface area contributed by atoms with E-state index in [-0.39, 0.29) is 0 Å². The van der Waals surface area contributed by atoms with Gasteiger partial charge in [0.25, 0.3) is 0 Å². The third kappa shape index (κ3) is 3.87. The number of benzene rings is 2. The van der Waals surface area contributed by atoms with Crippen LogP contribution in [0.25, 0.3) is 0 Å². The molecule has 2 N–H and O–H groups in total. The molecular formula is C18H16Cl2N4. The van der Waals surface area contributed by atoms with Crippen molar-refractivity contribution in [1.29, 1.82) is 10.5 Å². The zero-order valence-corrected chi connectivity index (χ0v) is 14.8. The van der Waals surface area contributed by atoms with Gasteiger partial charge < -0.3 is 0 Å². The van der Waals surface area contributed by atoms with E-state index in [1.807, 2.05) is 0 Å². The summed E-state index contributed by atoms with van der Waals surface area (Å²) in [6, 6.07) is 18.4. The lowest BCUT2D eigenvalue weighted by Gasteiger charge is -2.31. The first-order valence-corrected chi connectivity index (χ1v) is 7.97. The lowest BCUT2D eigenvalue weighted by atomic mass is 9.92. The molecule has 0 bridgehead atoms. The Kier molecular flexibility index (Phi) is 5.49. The van der Waals surface area contributed by atoms with Crippen molar-refractivity contribution in [3.63, 3.8) is 0 Å². The van der Waals surface area contributed by atoms with Gasteiger partial charge in [-0.15, -0.1) is 0 Å². The van der Waals surface area contributed by atoms with Crippen LogP contribution in [0.2, 0.25) is 10.0 Å². The summed E-state index contributed by atoms with van der Waals surface area (Å²) in [5, 5.41) is 20.4. The summed E-state index contributed by atoms with van der Waals surface area (Å²) >= 11 is 11.8. The number of nitrogens with one attached hydrogen (secondary N) is 2. The molecule has 2 rings (SSSR count). The van der Waals surface area contributed by atoms with Crippen LogP contribution in [0.4, 0.5) is 0 Å². The molecule has 4 nitrogen and oxygen atoms in total. The van der Waals surface area contributed by atoms with Crippen molar-refractivity contribution in [2.45, 2.75) is 24.9 Å². The predicted octanol–water partition coefficient (Wildman–Crippen LogP) is 4.27. The van der Waals surface area contributed by atoms with Crippen LogP contribution >= 0.6 is 23.2 Å². The molecule has 0 heterocycles. The van der Waals surface area contributed by atoms with E-state index in [0.29, 0.717) is 10.0 Å². The van der Waals surface area contributed by atoms with Crippen molar-refractivity contribution in [3.05, 3.63) is 69.7 Å². The fraction of sp³-hybridized carbons (Fsp3) is 0.222. The summed E-state index contributed by atoms with van der Waals surface area (Å²) in [6.45, 7) is 3.45. The Morgan fingerprint density at radius 2 is 1.00 bits per heavy atom. The first-order valence-electron chi connectivity index (χ1n) is 7.22. The Hall–Kier alpha value is -2.08. The molecule has 0 aliphatic carbocycles. The topological polar surface area (TPSA) is 71.6 Å². The highest BCUT2D eigenvalue weighted by atomic mass is 35.5. The van der Waals surface area contributed by atoms with Crippen LogP contribution in [-0.2, 0) is 11.1 Å². The van der Waals surface area contributed by atoms with E-state index in [9.17, 15) is 10.5 Å². The Labute approximate surface area is 151 Å². The van der Waals surface area contributed by atoms with Crippen LogP contribution in [0.3, 0.4) is 0 Å². The third-order valence-electron chi connectivity index (χ3n) is 3.85. The van der Waals surface area contributed by atoms with Crippen molar-refractivity contribution in [2.75, 3.05) is 0 Å². The molecule has 24 heavy (non-hydrogen) atoms. The van der Waals surface area contributed by atoms with Crippen LogP contribution in [0.5, 0.6) is 0 Å². The highest BCUT2D eigenvalue weighted by Gasteiger charge is 2.32. The summed E-state index contributed by atoms with van der Waals surface area (Å²) in [6.07, 6.45) is 0. The van der Waals surface area contributed by atoms with Crippen molar-refractivity contribution in [2.24, 2.45) is 0 Å². The van der Waals surface area contributed by atoms with Crippen LogP contribution in [0.15, 0.2) is 48.5 Å². The van der Waals surface area contributed by atoms with Gasteiger partial charge >= 0.3 is 0 Å². The average Bonchev–Trinajstić information content (AvgIpc) is 2.60. The molecular weight excluding hydrogens is 343 g/mol. The number of nitriles is 2. The van der Waals surface area contributed by atoms with Crippen molar-refractivity contribution in [1.82, 2.24) is 10.9 Å². The molecule has 0 unspecified atom stereocenters. The monoisotopic (exact) mass is 358 g/mol. The largest absolute Gasteiger partial charge is 0.232 e. The smallest absolute Gasteiger partial charge is 0.141 e. The standard InChI is InChI=1S/C18H16Cl2N4/c1-17(11-21,13-3-7-15(19)8-4-13)23-24-18(2,12-22)14-5-9-16(20)10-6-14/h3-10,23-24H,1-2H3/t17-,18-/m1/s1. The first kappa shape index (κ1) is 18.3. The number of hydrogen-bond donors (Lipinski definition) is 2. The maximum atomic E-state index is 9.60. The van der Waals surface area contributed by atoms with Gasteiger partial charge in [0.15, 0.2) is 0 Å². The summed E-state index contributed by atoms with van der Waals surface area (Å²) in [7, 11) is 0. The summed E-state index contributed by atoms with van der Waals surface area (Å²) < 4.78 is 0. The zero-order chi connectivity index (χ0) is 17.8. The predicted molar refractivity (Wildman–Crippen MR) is 95.1 cm³/mol. The Morgan fingerprint density at radius 3 is 1.25 bits per heavy atom. The SMILES string of the molecule is C[C@](C#N)(NN[C@](C)(C#N)c1ccc(Cl)cc1)c1ccc(Cl)cc1. The average molecular weight is 359 g/mol. The van der Waals surface area contributed by atoms with Gasteiger partial charge in [0.05, 0.1) is 12.1 Å². The second kappa shape index (κ2) is 7.21. The number of rotatable bonds is 5. The molecule has 0 amide bonds. The second-order valence-electron chi connectivity index (χ2n) is 5.74. The van der Waals surface area contributed by atoms with Gasteiger partial charge in [-0.2, -0.15) is 10.5 Å². The van der Waals surface area contributed by atoms with Crippen LogP contribution in [0.1, 0.15) is 25.0 Å². The molecule has 2 aromatic rings. The van der Waals surface area contributed by atoms with E-state index in [0.717, 1.165) is 11.1 Å². The molecule has 0 aromatic heterocycles. The fourth-order valence-corrected chi connectivity index (χ4v) is 2.40. The van der Waals surface area contributed by atoms with Crippen LogP contribution < -0.4 is 10.9 Å². The molecule has 0 radical (unpaired) electrons. The Bertz CT molecular complexity index is 720. The van der Waals surface area contributed by atoms with E-state index in [1.165, 1.54) is 0 Å². The summed E-state index contributed by atoms with van der Waals surface area (Å²) in [4.78, 5) is 0. The first-order chi connectivity index (χ1) is 11.3. The van der Waals surface area contributed by atoms with E-state index in [1.54, 1.807) is 62.4 Å². The molecule has 2 atom stereocenters. The third-order valence-corrected chi connectivity index (χ3v) is 4.36. The van der Waals surface area contributed by atoms with Crippen molar-refractivity contribution < 1.29 is 0 Å². The maximum absolute atomic E-state index is 9.60. The minimum Gasteiger partial charge on any atom is -0.232 e. The quantitative estimate of drug-likeness (QED) is 0.783. The molecule has 0 aliphatic heterocycles. The zero-order valence-electron chi connectivity index (χ0n) is 13.3. The van der Waals surface area contributed by atoms with Crippen molar-refractivity contribution >= 4 is 23.2 Å². The van der Waals surface area contributed by atoms with E-state index < -0.39 is 11.1 Å². The highest BCUT2D eigenvalue weighted by Crippen LogP contribution is 2.25. The van der Waals surface area contributed by atoms with Gasteiger partial charge in [-0.3, -0.25) is 0 Å². The van der Waals surface area contributed by atoms with Gasteiger partial charge in [-0.05, 0) is 49.2 Å². The second-order valence-corrected chi connectivity index (χ2v) is 6.61. The van der Waals surface area contributed by atoms with E-state index >= 15 is 0 Å². The molecule has 0 saturated carbocycles. The lowest BCUT2D eigenvalue weighted by molar-refractivity contribution is 0.306. The number of hydrogen-bond acceptors (Lipinski definition) is 4. The van der Waals surface area contributed by atoms with Gasteiger partial charge in [0.1, 0.15) is 11.1 Å². The lowest BCUT2D eigenvalue weighted by Crippen LogP contribution is -2.55. The fourth-order valence-electron chi connectivity index (χ4n) is 2.15. The summed E-state index contributed by atoms with van der Waals surface area (Å²) in [5.74, 6) is 0. The number of nitrogens with zero attached hydrogens (tertiary/aromatic N) is 2. The molecule has 0 saturated heterocycles. The van der Waals surface area contributed by atoms with Crippen LogP contribution in [0, 0.1) is 22.7 Å². The number of halogens is 2. The molecule has 2 aromatic carbocycles. The minimum absolute atomic E-state index is 0.593. The van der Waals surface area contributed by atoms with Gasteiger partial charge in [0.2, 0.25) is 0 Å². The summed E-state index contributed by atoms with van der Waals surface area (Å²) in [5.41, 5.74) is 5.36. The molecule has 6 heteroatoms. The Balaban J connectivity index is 2.25.